The Bertz CT molecular complexity index is 479. The van der Waals surface area contributed by atoms with Gasteiger partial charge in [-0.3, -0.25) is 5.32 Å². The topological polar surface area (TPSA) is 38.3 Å². The van der Waals surface area contributed by atoms with E-state index < -0.39 is 24.2 Å². The molecule has 0 radical (unpaired) electrons. The molecule has 1 N–H and O–H groups in total. The fourth-order valence-electron chi connectivity index (χ4n) is 1.70. The molecule has 1 aromatic carbocycles. The van der Waals surface area contributed by atoms with Gasteiger partial charge in [-0.2, -0.15) is 13.2 Å². The molecule has 0 aliphatic rings. The monoisotopic (exact) mass is 353 g/mol. The van der Waals surface area contributed by atoms with E-state index in [1.165, 1.54) is 6.92 Å². The quantitative estimate of drug-likeness (QED) is 0.824. The number of esters is 1. The maximum Gasteiger partial charge on any atom is 0.401 e. The second kappa shape index (κ2) is 6.58. The predicted octanol–water partition coefficient (Wildman–Crippen LogP) is 3.38. The van der Waals surface area contributed by atoms with Crippen LogP contribution in [0.1, 0.15) is 19.4 Å². The lowest BCUT2D eigenvalue weighted by Gasteiger charge is -2.30. The maximum atomic E-state index is 12.4. The average molecular weight is 354 g/mol. The minimum absolute atomic E-state index is 0.0899. The Morgan fingerprint density at radius 2 is 1.95 bits per heavy atom. The molecule has 1 aromatic rings. The Hall–Kier alpha value is -1.08. The first-order chi connectivity index (χ1) is 9.20. The number of halogens is 4. The predicted molar refractivity (Wildman–Crippen MR) is 72.2 cm³/mol. The van der Waals surface area contributed by atoms with Crippen molar-refractivity contribution in [2.24, 2.45) is 0 Å². The third-order valence-corrected chi connectivity index (χ3v) is 3.43. The van der Waals surface area contributed by atoms with Gasteiger partial charge in [-0.25, -0.2) is 4.79 Å². The zero-order chi connectivity index (χ0) is 15.4. The molecule has 0 aliphatic heterocycles. The molecule has 3 nitrogen and oxygen atoms in total. The summed E-state index contributed by atoms with van der Waals surface area (Å²) in [4.78, 5) is 12.1. The molecule has 0 saturated heterocycles. The van der Waals surface area contributed by atoms with Crippen LogP contribution in [0.4, 0.5) is 13.2 Å². The number of carbonyl (C=O) groups is 1. The molecule has 0 aliphatic carbocycles. The van der Waals surface area contributed by atoms with Crippen molar-refractivity contribution in [1.82, 2.24) is 5.32 Å². The zero-order valence-electron chi connectivity index (χ0n) is 11.1. The van der Waals surface area contributed by atoms with Gasteiger partial charge in [0.25, 0.3) is 0 Å². The highest BCUT2D eigenvalue weighted by Crippen LogP contribution is 2.30. The van der Waals surface area contributed by atoms with Gasteiger partial charge in [0.2, 0.25) is 0 Å². The summed E-state index contributed by atoms with van der Waals surface area (Å²) in [6.07, 6.45) is -4.42. The van der Waals surface area contributed by atoms with Crippen LogP contribution in [-0.4, -0.2) is 25.3 Å². The number of carbonyl (C=O) groups excluding carboxylic acids is 1. The van der Waals surface area contributed by atoms with Gasteiger partial charge in [0.05, 0.1) is 13.2 Å². The van der Waals surface area contributed by atoms with Gasteiger partial charge in [-0.15, -0.1) is 0 Å². The highest BCUT2D eigenvalue weighted by Gasteiger charge is 2.41. The van der Waals surface area contributed by atoms with E-state index in [9.17, 15) is 18.0 Å². The molecule has 0 aromatic heterocycles. The lowest BCUT2D eigenvalue weighted by molar-refractivity contribution is -0.155. The van der Waals surface area contributed by atoms with Crippen molar-refractivity contribution in [2.75, 3.05) is 13.2 Å². The lowest BCUT2D eigenvalue weighted by Crippen LogP contribution is -2.51. The summed E-state index contributed by atoms with van der Waals surface area (Å²) in [5, 5.41) is 2.25. The van der Waals surface area contributed by atoms with Crippen LogP contribution in [0.3, 0.4) is 0 Å². The van der Waals surface area contributed by atoms with Gasteiger partial charge in [-0.1, -0.05) is 34.1 Å². The molecule has 7 heteroatoms. The summed E-state index contributed by atoms with van der Waals surface area (Å²) in [5.41, 5.74) is -1.19. The normalized spacial score (nSPS) is 14.7. The van der Waals surface area contributed by atoms with Crippen molar-refractivity contribution in [3.05, 3.63) is 34.3 Å². The molecule has 0 bridgehead atoms. The van der Waals surface area contributed by atoms with Crippen LogP contribution in [0.15, 0.2) is 28.7 Å². The molecule has 0 amide bonds. The van der Waals surface area contributed by atoms with Crippen molar-refractivity contribution < 1.29 is 22.7 Å². The molecule has 0 spiro atoms. The van der Waals surface area contributed by atoms with Crippen molar-refractivity contribution in [2.45, 2.75) is 25.6 Å². The Kier molecular flexibility index (Phi) is 5.59. The third kappa shape index (κ3) is 4.21. The van der Waals surface area contributed by atoms with E-state index in [1.807, 2.05) is 0 Å². The first kappa shape index (κ1) is 17.0. The average Bonchev–Trinajstić information content (AvgIpc) is 2.36. The van der Waals surface area contributed by atoms with Crippen LogP contribution in [0.2, 0.25) is 0 Å². The van der Waals surface area contributed by atoms with Gasteiger partial charge in [0, 0.05) is 4.47 Å². The number of hydrogen-bond acceptors (Lipinski definition) is 3. The summed E-state index contributed by atoms with van der Waals surface area (Å²) in [5.74, 6) is -0.754. The fourth-order valence-corrected chi connectivity index (χ4v) is 2.38. The SMILES string of the molecule is CCOC(=O)C(C)(NCC(F)(F)F)c1ccccc1Br. The number of hydrogen-bond donors (Lipinski definition) is 1. The zero-order valence-corrected chi connectivity index (χ0v) is 12.6. The second-order valence-electron chi connectivity index (χ2n) is 4.29. The molecule has 0 saturated carbocycles. The third-order valence-electron chi connectivity index (χ3n) is 2.74. The molecule has 1 unspecified atom stereocenters. The van der Waals surface area contributed by atoms with Gasteiger partial charge >= 0.3 is 12.1 Å². The molecule has 112 valence electrons. The number of rotatable bonds is 5. The van der Waals surface area contributed by atoms with Crippen molar-refractivity contribution in [3.63, 3.8) is 0 Å². The highest BCUT2D eigenvalue weighted by atomic mass is 79.9. The minimum Gasteiger partial charge on any atom is -0.464 e. The van der Waals surface area contributed by atoms with Crippen LogP contribution in [0, 0.1) is 0 Å². The van der Waals surface area contributed by atoms with E-state index >= 15 is 0 Å². The molecule has 0 fully saturated rings. The summed E-state index contributed by atoms with van der Waals surface area (Å²) in [6.45, 7) is 1.77. The van der Waals surface area contributed by atoms with Crippen LogP contribution in [-0.2, 0) is 15.1 Å². The van der Waals surface area contributed by atoms with E-state index in [0.29, 0.717) is 10.0 Å². The van der Waals surface area contributed by atoms with E-state index in [1.54, 1.807) is 31.2 Å². The standard InChI is InChI=1S/C13H15BrF3NO2/c1-3-20-11(19)12(2,18-8-13(15,16)17)9-6-4-5-7-10(9)14/h4-7,18H,3,8H2,1-2H3. The molecule has 1 atom stereocenters. The van der Waals surface area contributed by atoms with Crippen LogP contribution in [0.5, 0.6) is 0 Å². The van der Waals surface area contributed by atoms with Gasteiger partial charge in [-0.05, 0) is 25.5 Å². The van der Waals surface area contributed by atoms with Gasteiger partial charge < -0.3 is 4.74 Å². The Morgan fingerprint density at radius 3 is 2.45 bits per heavy atom. The summed E-state index contributed by atoms with van der Waals surface area (Å²) in [7, 11) is 0. The molecule has 0 heterocycles. The molecular weight excluding hydrogens is 339 g/mol. The number of alkyl halides is 3. The van der Waals surface area contributed by atoms with Crippen molar-refractivity contribution in [3.8, 4) is 0 Å². The first-order valence-electron chi connectivity index (χ1n) is 5.94. The highest BCUT2D eigenvalue weighted by molar-refractivity contribution is 9.10. The van der Waals surface area contributed by atoms with E-state index in [2.05, 4.69) is 21.2 Å². The number of benzene rings is 1. The smallest absolute Gasteiger partial charge is 0.401 e. The summed E-state index contributed by atoms with van der Waals surface area (Å²) < 4.78 is 42.7. The summed E-state index contributed by atoms with van der Waals surface area (Å²) >= 11 is 3.24. The molecular formula is C13H15BrF3NO2. The Morgan fingerprint density at radius 1 is 1.35 bits per heavy atom. The van der Waals surface area contributed by atoms with Crippen LogP contribution in [0.25, 0.3) is 0 Å². The van der Waals surface area contributed by atoms with E-state index in [4.69, 9.17) is 4.74 Å². The minimum atomic E-state index is -4.42. The number of ether oxygens (including phenoxy) is 1. The fraction of sp³-hybridized carbons (Fsp3) is 0.462. The van der Waals surface area contributed by atoms with E-state index in [0.717, 1.165) is 0 Å². The summed E-state index contributed by atoms with van der Waals surface area (Å²) in [6, 6.07) is 6.59. The largest absolute Gasteiger partial charge is 0.464 e. The van der Waals surface area contributed by atoms with Crippen molar-refractivity contribution in [1.29, 1.82) is 0 Å². The Labute approximate surface area is 123 Å². The lowest BCUT2D eigenvalue weighted by atomic mass is 9.92. The second-order valence-corrected chi connectivity index (χ2v) is 5.15. The van der Waals surface area contributed by atoms with Crippen molar-refractivity contribution >= 4 is 21.9 Å². The maximum absolute atomic E-state index is 12.4. The molecule has 1 rings (SSSR count). The van der Waals surface area contributed by atoms with Crippen LogP contribution < -0.4 is 5.32 Å². The molecule has 20 heavy (non-hydrogen) atoms. The number of nitrogens with one attached hydrogen (secondary N) is 1. The Balaban J connectivity index is 3.14. The van der Waals surface area contributed by atoms with Gasteiger partial charge in [0.1, 0.15) is 5.54 Å². The van der Waals surface area contributed by atoms with Crippen LogP contribution >= 0.6 is 15.9 Å². The van der Waals surface area contributed by atoms with E-state index in [-0.39, 0.29) is 6.61 Å². The first-order valence-corrected chi connectivity index (χ1v) is 6.74. The van der Waals surface area contributed by atoms with Gasteiger partial charge in [0.15, 0.2) is 0 Å².